The Morgan fingerprint density at radius 1 is 0.281 bits per heavy atom. The van der Waals surface area contributed by atoms with Crippen LogP contribution in [0, 0.1) is 95.2 Å². The Morgan fingerprint density at radius 3 is 1.17 bits per heavy atom. The van der Waals surface area contributed by atoms with Gasteiger partial charge in [0.25, 0.3) is 0 Å². The summed E-state index contributed by atoms with van der Waals surface area (Å²) in [4.78, 5) is 12.0. The first-order valence-corrected chi connectivity index (χ1v) is 32.5. The third-order valence-electron chi connectivity index (χ3n) is 13.0. The van der Waals surface area contributed by atoms with Gasteiger partial charge in [0, 0.05) is 61.6 Å². The van der Waals surface area contributed by atoms with Gasteiger partial charge in [0.2, 0.25) is 0 Å². The molecule has 0 fully saturated rings. The van der Waals surface area contributed by atoms with Crippen molar-refractivity contribution in [1.29, 1.82) is 0 Å². The number of fused-ring (bicyclic) bond motifs is 6. The van der Waals surface area contributed by atoms with Crippen molar-refractivity contribution >= 4 is 54.1 Å². The van der Waals surface area contributed by atoms with Crippen LogP contribution in [0.1, 0.15) is 164 Å². The summed E-state index contributed by atoms with van der Waals surface area (Å²) >= 11 is 0. The first kappa shape index (κ1) is 84.0. The van der Waals surface area contributed by atoms with E-state index in [0.29, 0.717) is 0 Å². The molecule has 0 saturated carbocycles. The monoisotopic (exact) mass is 1270 g/mol. The van der Waals surface area contributed by atoms with Gasteiger partial charge in [-0.15, -0.1) is 23.3 Å². The van der Waals surface area contributed by atoms with E-state index in [4.69, 9.17) is 0 Å². The Balaban J connectivity index is 0. The minimum atomic E-state index is 0. The predicted molar refractivity (Wildman–Crippen MR) is 398 cm³/mol. The smallest absolute Gasteiger partial charge is 0.129 e. The molecule has 2 aromatic heterocycles. The number of aryl methyl sites for hydroxylation is 13. The molecule has 0 atom stereocenters. The van der Waals surface area contributed by atoms with Crippen LogP contribution in [0.2, 0.25) is 0 Å². The fourth-order valence-electron chi connectivity index (χ4n) is 9.45. The van der Waals surface area contributed by atoms with Crippen LogP contribution in [0.25, 0.3) is 65.3 Å². The Bertz CT molecular complexity index is 3740. The van der Waals surface area contributed by atoms with Gasteiger partial charge in [-0.2, -0.15) is 36.4 Å². The summed E-state index contributed by atoms with van der Waals surface area (Å²) in [6.45, 7) is 52.7. The molecule has 0 aliphatic carbocycles. The van der Waals surface area contributed by atoms with Gasteiger partial charge in [-0.25, -0.2) is 26.1 Å². The summed E-state index contributed by atoms with van der Waals surface area (Å²) in [6, 6.07) is 73.0. The topological polar surface area (TPSA) is 43.6 Å². The van der Waals surface area contributed by atoms with Gasteiger partial charge in [0.05, 0.1) is 0 Å². The van der Waals surface area contributed by atoms with Crippen molar-refractivity contribution in [2.45, 2.75) is 180 Å². The molecule has 0 amide bonds. The Kier molecular flexibility index (Phi) is 45.1. The number of benzene rings is 10. The van der Waals surface area contributed by atoms with Gasteiger partial charge >= 0.3 is 0 Å². The van der Waals surface area contributed by atoms with Crippen LogP contribution in [0.4, 0.5) is 0 Å². The molecule has 0 unspecified atom stereocenters. The summed E-state index contributed by atoms with van der Waals surface area (Å²) in [5, 5.41) is 10.9. The molecule has 0 spiro atoms. The molecule has 1 radical (unpaired) electrons. The van der Waals surface area contributed by atoms with Crippen LogP contribution in [0.3, 0.4) is 0 Å². The number of aromatic nitrogens is 4. The second-order valence-electron chi connectivity index (χ2n) is 19.4. The van der Waals surface area contributed by atoms with Crippen LogP contribution in [-0.2, 0) is 39.8 Å². The van der Waals surface area contributed by atoms with E-state index in [1.807, 2.05) is 118 Å². The van der Waals surface area contributed by atoms with E-state index in [-0.39, 0.29) is 32.7 Å². The van der Waals surface area contributed by atoms with Crippen molar-refractivity contribution in [2.24, 2.45) is 7.05 Å². The molecule has 89 heavy (non-hydrogen) atoms. The van der Waals surface area contributed by atoms with E-state index in [2.05, 4.69) is 289 Å². The normalized spacial score (nSPS) is 9.20. The zero-order valence-electron chi connectivity index (χ0n) is 60.3. The second kappa shape index (κ2) is 47.8. The molecule has 0 aliphatic rings. The van der Waals surface area contributed by atoms with E-state index in [1.165, 1.54) is 93.1 Å². The minimum absolute atomic E-state index is 0. The Morgan fingerprint density at radius 2 is 0.652 bits per heavy atom. The number of rotatable bonds is 1. The molecule has 0 N–H and O–H groups in total. The molecular weight excluding hydrogens is 1150 g/mol. The van der Waals surface area contributed by atoms with Crippen molar-refractivity contribution in [2.75, 3.05) is 0 Å². The number of hydrogen-bond donors (Lipinski definition) is 0. The SMILES string of the molecule is CC.CC.CC.CC.CC.CC.CC.Cc1[c-]c(-c2[c-]c(C)ccc2)ccc1.Cc1cc(C)c2ccccc2c1.Cc1ccc2c(C)cccc2c1.Cc1ccc2cccc(C)c2c1.Cc1cccc2c1c1ccccc1n2C.Cc1nc(C)nc(C)n1.[Y]. The van der Waals surface area contributed by atoms with E-state index in [1.54, 1.807) is 0 Å². The van der Waals surface area contributed by atoms with Crippen molar-refractivity contribution < 1.29 is 32.7 Å². The first-order chi connectivity index (χ1) is 42.5. The zero-order valence-corrected chi connectivity index (χ0v) is 63.1. The van der Waals surface area contributed by atoms with Crippen molar-refractivity contribution in [3.63, 3.8) is 0 Å². The van der Waals surface area contributed by atoms with Gasteiger partial charge in [-0.3, -0.25) is 0 Å². The maximum atomic E-state index is 4.01. The molecule has 2 heterocycles. The van der Waals surface area contributed by atoms with E-state index >= 15 is 0 Å². The summed E-state index contributed by atoms with van der Waals surface area (Å²) < 4.78 is 2.26. The van der Waals surface area contributed by atoms with Crippen molar-refractivity contribution in [3.05, 3.63) is 268 Å². The quantitative estimate of drug-likeness (QED) is 0.154. The number of hydrogen-bond acceptors (Lipinski definition) is 3. The van der Waals surface area contributed by atoms with E-state index in [9.17, 15) is 0 Å². The van der Waals surface area contributed by atoms with Crippen molar-refractivity contribution in [1.82, 2.24) is 19.5 Å². The van der Waals surface area contributed by atoms with E-state index < -0.39 is 0 Å². The fraction of sp³-hybridized carbons (Fsp3) is 0.321. The van der Waals surface area contributed by atoms with Gasteiger partial charge < -0.3 is 4.57 Å². The first-order valence-electron chi connectivity index (χ1n) is 32.5. The Labute approximate surface area is 568 Å². The van der Waals surface area contributed by atoms with Crippen LogP contribution in [-0.4, -0.2) is 19.5 Å². The van der Waals surface area contributed by atoms with E-state index in [0.717, 1.165) is 39.7 Å². The van der Waals surface area contributed by atoms with Gasteiger partial charge in [0.15, 0.2) is 0 Å². The van der Waals surface area contributed by atoms with Crippen LogP contribution < -0.4 is 0 Å². The molecule has 4 nitrogen and oxygen atoms in total. The molecule has 10 aromatic carbocycles. The zero-order chi connectivity index (χ0) is 66.9. The maximum Gasteiger partial charge on any atom is 0.129 e. The minimum Gasteiger partial charge on any atom is -0.344 e. The predicted octanol–water partition coefficient (Wildman–Crippen LogP) is 25.6. The van der Waals surface area contributed by atoms with Crippen molar-refractivity contribution in [3.8, 4) is 11.1 Å². The number of para-hydroxylation sites is 1. The molecule has 12 rings (SSSR count). The van der Waals surface area contributed by atoms with Gasteiger partial charge in [-0.1, -0.05) is 267 Å². The third kappa shape index (κ3) is 27.7. The average molecular weight is 1270 g/mol. The number of nitrogens with zero attached hydrogens (tertiary/aromatic N) is 4. The Hall–Kier alpha value is -7.11. The molecule has 5 heteroatoms. The molecule has 473 valence electrons. The standard InChI is InChI=1S/C14H13N.C14H12.3C12H12.C6H9N3.7C2H6.Y/c1-10-6-5-9-13-14(10)11-7-3-4-8-12(11)15(13)2;1-11-5-3-7-13(9-11)14-8-4-6-12(2)10-14;1-9-6-7-12-10(2)4-3-5-11(12)8-9;1-9-6-7-11-5-3-4-10(2)12(11)8-9;1-9-7-10(2)12-6-4-3-5-11(12)8-9;1-4-7-5(2)9-6(3)8-4;7*1-2;/h3-9H,1-2H3;3-8H,1-2H3;3*3-8H,1-2H3;1-3H3;7*1-2H3;/q;-2;;;;;;;;;;;;. The largest absolute Gasteiger partial charge is 0.344 e. The van der Waals surface area contributed by atoms with Crippen LogP contribution in [0.15, 0.2) is 188 Å². The third-order valence-corrected chi connectivity index (χ3v) is 13.0. The average Bonchev–Trinajstić information content (AvgIpc) is 1.66. The van der Waals surface area contributed by atoms with Crippen LogP contribution in [0.5, 0.6) is 0 Å². The van der Waals surface area contributed by atoms with Gasteiger partial charge in [-0.05, 0) is 136 Å². The summed E-state index contributed by atoms with van der Waals surface area (Å²) in [6.07, 6.45) is 0. The van der Waals surface area contributed by atoms with Gasteiger partial charge in [0.1, 0.15) is 17.5 Å². The molecular formula is C84H112N4Y-2. The second-order valence-corrected chi connectivity index (χ2v) is 19.4. The summed E-state index contributed by atoms with van der Waals surface area (Å²) in [7, 11) is 2.13. The molecule has 0 saturated heterocycles. The molecule has 0 aliphatic heterocycles. The van der Waals surface area contributed by atoms with Crippen LogP contribution >= 0.6 is 0 Å². The summed E-state index contributed by atoms with van der Waals surface area (Å²) in [5.74, 6) is 2.38. The summed E-state index contributed by atoms with van der Waals surface area (Å²) in [5.41, 5.74) is 16.6. The fourth-order valence-corrected chi connectivity index (χ4v) is 9.45. The molecule has 12 aromatic rings. The molecule has 0 bridgehead atoms. The maximum absolute atomic E-state index is 4.01.